The Morgan fingerprint density at radius 1 is 0.938 bits per heavy atom. The van der Waals surface area contributed by atoms with E-state index in [-0.39, 0.29) is 10.8 Å². The van der Waals surface area contributed by atoms with Gasteiger partial charge in [-0.05, 0) is 31.2 Å². The zero-order valence-electron chi connectivity index (χ0n) is 12.3. The molecular formula is C12H31N3Si. The van der Waals surface area contributed by atoms with Crippen molar-refractivity contribution in [2.24, 2.45) is 0 Å². The molecule has 0 aliphatic rings. The summed E-state index contributed by atoms with van der Waals surface area (Å²) in [6.45, 7) is 17.7. The second-order valence-corrected chi connectivity index (χ2v) is 7.69. The quantitative estimate of drug-likeness (QED) is 0.488. The second kappa shape index (κ2) is 6.74. The van der Waals surface area contributed by atoms with Crippen LogP contribution in [0.15, 0.2) is 0 Å². The molecule has 0 spiro atoms. The van der Waals surface area contributed by atoms with Crippen molar-refractivity contribution in [2.75, 3.05) is 26.2 Å². The lowest BCUT2D eigenvalue weighted by Crippen LogP contribution is -2.72. The first kappa shape index (κ1) is 16.1. The molecule has 3 nitrogen and oxygen atoms in total. The fraction of sp³-hybridized carbons (Fsp3) is 1.00. The van der Waals surface area contributed by atoms with Gasteiger partial charge in [0, 0.05) is 10.2 Å². The average Bonchev–Trinajstić information content (AvgIpc) is 2.18. The van der Waals surface area contributed by atoms with Crippen molar-refractivity contribution in [3.05, 3.63) is 0 Å². The van der Waals surface area contributed by atoms with Crippen LogP contribution < -0.4 is 10.6 Å². The Balaban J connectivity index is 5.22. The highest BCUT2D eigenvalue weighted by atomic mass is 28.1. The van der Waals surface area contributed by atoms with E-state index >= 15 is 0 Å². The molecule has 0 unspecified atom stereocenters. The maximum atomic E-state index is 3.69. The Hall–Kier alpha value is 0.0969. The first-order valence-electron chi connectivity index (χ1n) is 6.64. The summed E-state index contributed by atoms with van der Waals surface area (Å²) in [5.74, 6) is -0.0494. The van der Waals surface area contributed by atoms with Crippen molar-refractivity contribution in [1.82, 2.24) is 15.5 Å². The first-order valence-corrected chi connectivity index (χ1v) is 7.64. The van der Waals surface area contributed by atoms with Crippen LogP contribution in [0, 0.1) is 0 Å². The fourth-order valence-electron chi connectivity index (χ4n) is 2.50. The Bertz CT molecular complexity index is 179. The van der Waals surface area contributed by atoms with Gasteiger partial charge in [0.1, 0.15) is 5.79 Å². The molecule has 0 atom stereocenters. The number of nitrogens with zero attached hydrogens (tertiary/aromatic N) is 1. The fourth-order valence-corrected chi connectivity index (χ4v) is 3.17. The lowest BCUT2D eigenvalue weighted by atomic mass is 10.0. The summed E-state index contributed by atoms with van der Waals surface area (Å²) in [6, 6.07) is 0. The molecule has 0 aromatic heterocycles. The van der Waals surface area contributed by atoms with Crippen LogP contribution in [0.4, 0.5) is 0 Å². The maximum Gasteiger partial charge on any atom is 0.127 e. The Kier molecular flexibility index (Phi) is 6.78. The molecule has 0 aromatic rings. The van der Waals surface area contributed by atoms with Gasteiger partial charge in [-0.2, -0.15) is 0 Å². The summed E-state index contributed by atoms with van der Waals surface area (Å²) in [6.07, 6.45) is 0. The predicted molar refractivity (Wildman–Crippen MR) is 77.0 cm³/mol. The van der Waals surface area contributed by atoms with Crippen LogP contribution in [0.1, 0.15) is 41.5 Å². The molecule has 0 aromatic carbocycles. The molecule has 0 aliphatic heterocycles. The van der Waals surface area contributed by atoms with Gasteiger partial charge in [0.25, 0.3) is 0 Å². The normalized spacial score (nSPS) is 13.7. The lowest BCUT2D eigenvalue weighted by Gasteiger charge is -2.53. The minimum atomic E-state index is -0.0494. The van der Waals surface area contributed by atoms with Gasteiger partial charge in [-0.25, -0.2) is 0 Å². The van der Waals surface area contributed by atoms with E-state index in [0.717, 1.165) is 36.4 Å². The highest BCUT2D eigenvalue weighted by molar-refractivity contribution is 6.15. The number of rotatable bonds is 8. The van der Waals surface area contributed by atoms with Crippen molar-refractivity contribution in [1.29, 1.82) is 0 Å². The summed E-state index contributed by atoms with van der Waals surface area (Å²) >= 11 is 0. The topological polar surface area (TPSA) is 27.3 Å². The van der Waals surface area contributed by atoms with Crippen LogP contribution in [0.5, 0.6) is 0 Å². The van der Waals surface area contributed by atoms with Crippen molar-refractivity contribution in [2.45, 2.75) is 52.4 Å². The van der Waals surface area contributed by atoms with Gasteiger partial charge < -0.3 is 0 Å². The number of hydrogen-bond acceptors (Lipinski definition) is 3. The predicted octanol–water partition coefficient (Wildman–Crippen LogP) is 0.765. The minimum Gasteiger partial charge on any atom is -0.287 e. The number of hydrogen-bond donors (Lipinski definition) is 2. The highest BCUT2D eigenvalue weighted by Gasteiger charge is 2.44. The van der Waals surface area contributed by atoms with Crippen molar-refractivity contribution in [3.8, 4) is 0 Å². The minimum absolute atomic E-state index is 0.0494. The van der Waals surface area contributed by atoms with Crippen LogP contribution in [0.25, 0.3) is 0 Å². The molecule has 98 valence electrons. The lowest BCUT2D eigenvalue weighted by molar-refractivity contribution is -0.0000334. The zero-order chi connectivity index (χ0) is 12.8. The molecule has 2 N–H and O–H groups in total. The smallest absolute Gasteiger partial charge is 0.127 e. The van der Waals surface area contributed by atoms with E-state index in [1.54, 1.807) is 0 Å². The van der Waals surface area contributed by atoms with Crippen LogP contribution in [-0.2, 0) is 0 Å². The molecule has 0 radical (unpaired) electrons. The molecule has 4 heteroatoms. The van der Waals surface area contributed by atoms with Gasteiger partial charge in [-0.3, -0.25) is 15.5 Å². The molecule has 0 saturated heterocycles. The van der Waals surface area contributed by atoms with Gasteiger partial charge in [-0.15, -0.1) is 0 Å². The van der Waals surface area contributed by atoms with E-state index in [9.17, 15) is 0 Å². The molecule has 0 fully saturated rings. The van der Waals surface area contributed by atoms with Crippen LogP contribution in [0.2, 0.25) is 5.04 Å². The molecule has 0 bridgehead atoms. The van der Waals surface area contributed by atoms with Gasteiger partial charge in [0.2, 0.25) is 0 Å². The van der Waals surface area contributed by atoms with Gasteiger partial charge in [0.05, 0.1) is 0 Å². The number of nitrogens with one attached hydrogen (secondary N) is 2. The summed E-state index contributed by atoms with van der Waals surface area (Å²) in [7, 11) is 1.15. The third kappa shape index (κ3) is 3.29. The molecule has 0 heterocycles. The van der Waals surface area contributed by atoms with Crippen molar-refractivity contribution in [3.63, 3.8) is 0 Å². The third-order valence-electron chi connectivity index (χ3n) is 3.19. The molecule has 0 aliphatic carbocycles. The summed E-state index contributed by atoms with van der Waals surface area (Å²) in [4.78, 5) is 2.51. The van der Waals surface area contributed by atoms with Gasteiger partial charge in [0.15, 0.2) is 0 Å². The van der Waals surface area contributed by atoms with Crippen LogP contribution in [-0.4, -0.2) is 47.1 Å². The van der Waals surface area contributed by atoms with E-state index < -0.39 is 0 Å². The monoisotopic (exact) mass is 245 g/mol. The maximum absolute atomic E-state index is 3.69. The summed E-state index contributed by atoms with van der Waals surface area (Å²) < 4.78 is 0. The third-order valence-corrected chi connectivity index (χ3v) is 3.91. The van der Waals surface area contributed by atoms with E-state index in [1.807, 2.05) is 0 Å². The molecular weight excluding hydrogens is 214 g/mol. The molecule has 0 amide bonds. The largest absolute Gasteiger partial charge is 0.287 e. The van der Waals surface area contributed by atoms with E-state index in [1.165, 1.54) is 0 Å². The zero-order valence-corrected chi connectivity index (χ0v) is 14.3. The van der Waals surface area contributed by atoms with Crippen LogP contribution >= 0.6 is 0 Å². The summed E-state index contributed by atoms with van der Waals surface area (Å²) in [5.41, 5.74) is 0. The standard InChI is InChI=1S/C12H31N3Si/c1-7-13-12(14-8-2,11(5,6)16)15(9-3)10-4/h13-14H,7-10H2,1-6,16H3. The van der Waals surface area contributed by atoms with Gasteiger partial charge >= 0.3 is 0 Å². The van der Waals surface area contributed by atoms with E-state index in [2.05, 4.69) is 57.1 Å². The Labute approximate surface area is 105 Å². The molecule has 0 rings (SSSR count). The molecule has 0 saturated carbocycles. The Morgan fingerprint density at radius 2 is 1.31 bits per heavy atom. The van der Waals surface area contributed by atoms with E-state index in [0.29, 0.717) is 0 Å². The summed E-state index contributed by atoms with van der Waals surface area (Å²) in [5, 5.41) is 7.66. The van der Waals surface area contributed by atoms with E-state index in [4.69, 9.17) is 0 Å². The first-order chi connectivity index (χ1) is 7.39. The van der Waals surface area contributed by atoms with Crippen molar-refractivity contribution < 1.29 is 0 Å². The molecule has 16 heavy (non-hydrogen) atoms. The van der Waals surface area contributed by atoms with Crippen LogP contribution in [0.3, 0.4) is 0 Å². The van der Waals surface area contributed by atoms with Crippen molar-refractivity contribution >= 4 is 10.2 Å². The second-order valence-electron chi connectivity index (χ2n) is 5.19. The SMILES string of the molecule is CCNC(NCC)(N(CC)CC)C(C)(C)[SiH3]. The highest BCUT2D eigenvalue weighted by Crippen LogP contribution is 2.35. The Morgan fingerprint density at radius 3 is 1.50 bits per heavy atom. The van der Waals surface area contributed by atoms with Gasteiger partial charge in [-0.1, -0.05) is 41.5 Å². The average molecular weight is 245 g/mol.